The Morgan fingerprint density at radius 2 is 0.638 bits per heavy atom. The van der Waals surface area contributed by atoms with E-state index in [1.807, 2.05) is 153 Å². The first-order chi connectivity index (χ1) is 69.3. The van der Waals surface area contributed by atoms with E-state index in [9.17, 15) is 64.0 Å². The fourth-order valence-electron chi connectivity index (χ4n) is 14.5. The van der Waals surface area contributed by atoms with Crippen molar-refractivity contribution < 1.29 is 64.0 Å². The first-order valence-electron chi connectivity index (χ1n) is 48.8. The standard InChI is InChI=1S/C12H15ClO2S.C12H15FO2S.C11H12ClN3.C11H12FN3.C10H10ClN.C10H13ClO2S.C10H10FN.2C10H13FO2S.C10H15N.C9H13N/c2*1-8(2)11-6-5-10(7-12(11)13)16(14,15)9-3-4-9;2*1-8(2)10-4-3-9(5-11(10)12)15-7-13-6-14-15;1-7(2)9-5-4-8(12-3)6-10(9)11;1-7(2)9-5-4-8(6-10(9)11)14(3,12)13;1-7(2)9-5-4-8(12-3)6-10(9)11;1-7(2)9-5-4-8(6-10(9)11)14(3,12)13;1-7(2)8-4-5-10(9(11)6-8)14(3,12)13;1-7(2)10-6-5-8(3)11-9(10)4;1-7(2)9-5-4-6-10-8(9)3/h2*5-9H,3-4H2,1-2H3;2*3-8H,1-2H3;4-7H,1-2H3;4-7H,1-3H3;4-7H,1-2H3;2*4-7H,1-3H3;5-7H,1-4H3;4-7H,1-3H3. The van der Waals surface area contributed by atoms with Crippen LogP contribution in [0.3, 0.4) is 0 Å². The minimum Gasteiger partial charge on any atom is -0.261 e. The lowest BCUT2D eigenvalue weighted by atomic mass is 10.0. The number of aryl methyl sites for hydroxylation is 3. The van der Waals surface area contributed by atoms with Gasteiger partial charge in [0.15, 0.2) is 60.6 Å². The van der Waals surface area contributed by atoms with Crippen LogP contribution in [0.4, 0.5) is 33.3 Å². The van der Waals surface area contributed by atoms with Crippen LogP contribution >= 0.6 is 46.4 Å². The van der Waals surface area contributed by atoms with Gasteiger partial charge in [0, 0.05) is 62.1 Å². The molecule has 0 bridgehead atoms. The van der Waals surface area contributed by atoms with Crippen LogP contribution in [0.2, 0.25) is 20.1 Å². The van der Waals surface area contributed by atoms with Gasteiger partial charge < -0.3 is 0 Å². The van der Waals surface area contributed by atoms with Crippen molar-refractivity contribution in [3.8, 4) is 11.4 Å². The van der Waals surface area contributed by atoms with E-state index >= 15 is 0 Å². The summed E-state index contributed by atoms with van der Waals surface area (Å²) in [4.78, 5) is 23.3. The van der Waals surface area contributed by atoms with Crippen molar-refractivity contribution in [1.82, 2.24) is 39.5 Å². The Balaban J connectivity index is 0.000000289. The molecule has 2 aliphatic carbocycles. The number of benzene rings is 9. The second kappa shape index (κ2) is 58.6. The molecular formula is C115H141Cl4F5N10O10S5. The Labute approximate surface area is 902 Å². The average Bonchev–Trinajstić information content (AvgIpc) is 1.64. The van der Waals surface area contributed by atoms with E-state index in [2.05, 4.69) is 127 Å². The fraction of sp³-hybridized carbons (Fsp3) is 0.391. The lowest BCUT2D eigenvalue weighted by Crippen LogP contribution is -2.08. The quantitative estimate of drug-likeness (QED) is 0.0507. The van der Waals surface area contributed by atoms with Gasteiger partial charge in [0.1, 0.15) is 59.3 Å². The summed E-state index contributed by atoms with van der Waals surface area (Å²) in [6, 6.07) is 51.9. The minimum atomic E-state index is -3.45. The molecule has 0 unspecified atom stereocenters. The van der Waals surface area contributed by atoms with Gasteiger partial charge in [0.05, 0.1) is 54.6 Å². The highest BCUT2D eigenvalue weighted by molar-refractivity contribution is 7.93. The molecule has 0 atom stereocenters. The normalized spacial score (nSPS) is 12.3. The molecule has 0 spiro atoms. The minimum absolute atomic E-state index is 0.0272. The third-order valence-corrected chi connectivity index (χ3v) is 32.6. The van der Waals surface area contributed by atoms with Gasteiger partial charge in [0.25, 0.3) is 0 Å². The highest BCUT2D eigenvalue weighted by atomic mass is 35.5. The molecule has 0 radical (unpaired) electrons. The van der Waals surface area contributed by atoms with Crippen LogP contribution in [0, 0.1) is 63.0 Å². The molecule has 2 aliphatic rings. The van der Waals surface area contributed by atoms with Gasteiger partial charge in [-0.15, -0.1) is 0 Å². The van der Waals surface area contributed by atoms with Crippen molar-refractivity contribution in [2.45, 2.75) is 299 Å². The third-order valence-electron chi connectivity index (χ3n) is 23.4. The number of sulfone groups is 5. The average molecular weight is 2220 g/mol. The van der Waals surface area contributed by atoms with E-state index in [0.29, 0.717) is 102 Å². The zero-order valence-corrected chi connectivity index (χ0v) is 97.2. The molecule has 804 valence electrons. The van der Waals surface area contributed by atoms with E-state index in [4.69, 9.17) is 59.5 Å². The Morgan fingerprint density at radius 3 is 0.953 bits per heavy atom. The second-order valence-corrected chi connectivity index (χ2v) is 51.6. The summed E-state index contributed by atoms with van der Waals surface area (Å²) >= 11 is 24.2. The number of rotatable bonds is 20. The Hall–Kier alpha value is -10.9. The monoisotopic (exact) mass is 2220 g/mol. The number of hydrogen-bond acceptors (Lipinski definition) is 16. The SMILES string of the molecule is CC(C)c1ccc(-n2cncn2)cc1Cl.CC(C)c1ccc(-n2cncn2)cc1F.CC(C)c1ccc(S(=O)(=O)C2CC2)cc1Cl.CC(C)c1ccc(S(=O)(=O)C2CC2)cc1F.CC(C)c1ccc(S(C)(=O)=O)c(F)c1.CC(C)c1ccc(S(C)(=O)=O)cc1Cl.CC(C)c1ccc(S(C)(=O)=O)cc1F.Cc1ccc(C(C)C)c(C)n1.Cc1ncccc1C(C)C.[C-]#[N+]c1ccc(C(C)C)c(Cl)c1.[C-]#[N+]c1ccc(C(C)C)c(F)c1. The third kappa shape index (κ3) is 40.7. The van der Waals surface area contributed by atoms with Crippen LogP contribution in [-0.2, 0) is 49.2 Å². The Morgan fingerprint density at radius 1 is 0.322 bits per heavy atom. The summed E-state index contributed by atoms with van der Waals surface area (Å²) in [5.74, 6) is 1.30. The number of hydrogen-bond donors (Lipinski definition) is 0. The molecule has 0 N–H and O–H groups in total. The zero-order valence-electron chi connectivity index (χ0n) is 90.1. The molecule has 4 aromatic heterocycles. The summed E-state index contributed by atoms with van der Waals surface area (Å²) in [5, 5.41) is 10.1. The summed E-state index contributed by atoms with van der Waals surface area (Å²) in [6.07, 6.45) is 14.2. The predicted molar refractivity (Wildman–Crippen MR) is 598 cm³/mol. The van der Waals surface area contributed by atoms with Gasteiger partial charge in [-0.2, -0.15) is 10.2 Å². The fourth-order valence-corrected chi connectivity index (χ4v) is 21.6. The van der Waals surface area contributed by atoms with E-state index in [0.717, 1.165) is 93.0 Å². The van der Waals surface area contributed by atoms with Gasteiger partial charge in [-0.3, -0.25) is 9.97 Å². The van der Waals surface area contributed by atoms with Crippen molar-refractivity contribution >= 4 is 107 Å². The molecule has 149 heavy (non-hydrogen) atoms. The molecule has 15 rings (SSSR count). The second-order valence-electron chi connectivity index (χ2n) is 39.5. The van der Waals surface area contributed by atoms with Crippen LogP contribution in [0.1, 0.15) is 321 Å². The molecular weight excluding hydrogens is 2080 g/mol. The maximum atomic E-state index is 13.7. The van der Waals surface area contributed by atoms with Gasteiger partial charge in [-0.05, 0) is 282 Å². The first-order valence-corrected chi connectivity index (χ1v) is 59.1. The maximum Gasteiger partial charge on any atom is 0.190 e. The molecule has 20 nitrogen and oxygen atoms in total. The predicted octanol–water partition coefficient (Wildman–Crippen LogP) is 32.3. The molecule has 13 aromatic rings. The van der Waals surface area contributed by atoms with E-state index < -0.39 is 66.6 Å². The van der Waals surface area contributed by atoms with Gasteiger partial charge in [-0.1, -0.05) is 278 Å². The van der Waals surface area contributed by atoms with Crippen molar-refractivity contribution in [1.29, 1.82) is 0 Å². The van der Waals surface area contributed by atoms with E-state index in [1.165, 1.54) is 88.9 Å². The number of pyridine rings is 2. The zero-order chi connectivity index (χ0) is 113. The van der Waals surface area contributed by atoms with Crippen molar-refractivity contribution in [3.05, 3.63) is 370 Å². The van der Waals surface area contributed by atoms with Crippen LogP contribution in [-0.4, -0.2) is 111 Å². The summed E-state index contributed by atoms with van der Waals surface area (Å²) in [6.45, 7) is 64.0. The summed E-state index contributed by atoms with van der Waals surface area (Å²) in [5.41, 5.74) is 16.2. The van der Waals surface area contributed by atoms with Crippen molar-refractivity contribution in [2.75, 3.05) is 18.8 Å². The Bertz CT molecular complexity index is 6980. The van der Waals surface area contributed by atoms with Crippen LogP contribution in [0.25, 0.3) is 21.1 Å². The Kier molecular flexibility index (Phi) is 50.6. The van der Waals surface area contributed by atoms with E-state index in [-0.39, 0.29) is 71.3 Å². The van der Waals surface area contributed by atoms with Crippen molar-refractivity contribution in [2.24, 2.45) is 0 Å². The lowest BCUT2D eigenvalue weighted by molar-refractivity contribution is 0.568. The summed E-state index contributed by atoms with van der Waals surface area (Å²) in [7, 11) is -16.3. The molecule has 0 aliphatic heterocycles. The topological polar surface area (TPSA) is 267 Å². The van der Waals surface area contributed by atoms with Gasteiger partial charge >= 0.3 is 0 Å². The largest absolute Gasteiger partial charge is 0.261 e. The molecule has 4 heterocycles. The van der Waals surface area contributed by atoms with Gasteiger partial charge in [0.2, 0.25) is 0 Å². The molecule has 0 amide bonds. The molecule has 0 saturated heterocycles. The highest BCUT2D eigenvalue weighted by Crippen LogP contribution is 2.39. The van der Waals surface area contributed by atoms with Crippen LogP contribution in [0.15, 0.2) is 244 Å². The lowest BCUT2D eigenvalue weighted by Gasteiger charge is -2.10. The summed E-state index contributed by atoms with van der Waals surface area (Å²) < 4.78 is 185. The molecule has 2 saturated carbocycles. The number of nitrogens with zero attached hydrogens (tertiary/aromatic N) is 10. The maximum absolute atomic E-state index is 13.7. The molecule has 9 aromatic carbocycles. The first kappa shape index (κ1) is 129. The smallest absolute Gasteiger partial charge is 0.190 e. The van der Waals surface area contributed by atoms with Gasteiger partial charge in [-0.25, -0.2) is 93.1 Å². The van der Waals surface area contributed by atoms with Crippen molar-refractivity contribution in [3.63, 3.8) is 0 Å². The number of aromatic nitrogens is 8. The molecule has 34 heteroatoms. The molecule has 2 fully saturated rings. The van der Waals surface area contributed by atoms with E-state index in [1.54, 1.807) is 84.1 Å². The number of halogens is 9. The van der Waals surface area contributed by atoms with Crippen LogP contribution in [0.5, 0.6) is 0 Å². The van der Waals surface area contributed by atoms with Crippen LogP contribution < -0.4 is 0 Å². The highest BCUT2D eigenvalue weighted by Gasteiger charge is 2.38.